The standard InChI is InChI=1S/C16H23FN2O2/c17-13-3-4-16(21-11-12-5-7-20-10-12)15(8-13)19-6-1-2-14(18)9-19/h3-4,8,12,14H,1-2,5-7,9-11,18H2. The van der Waals surface area contributed by atoms with Crippen molar-refractivity contribution in [3.8, 4) is 5.75 Å². The van der Waals surface area contributed by atoms with Crippen LogP contribution >= 0.6 is 0 Å². The van der Waals surface area contributed by atoms with Gasteiger partial charge >= 0.3 is 0 Å². The zero-order chi connectivity index (χ0) is 14.7. The van der Waals surface area contributed by atoms with E-state index < -0.39 is 0 Å². The van der Waals surface area contributed by atoms with E-state index in [0.717, 1.165) is 57.0 Å². The van der Waals surface area contributed by atoms with Crippen LogP contribution in [0.5, 0.6) is 5.75 Å². The van der Waals surface area contributed by atoms with Gasteiger partial charge in [0, 0.05) is 37.7 Å². The van der Waals surface area contributed by atoms with Gasteiger partial charge in [-0.2, -0.15) is 0 Å². The second-order valence-electron chi connectivity index (χ2n) is 6.00. The highest BCUT2D eigenvalue weighted by atomic mass is 19.1. The number of benzene rings is 1. The molecule has 0 radical (unpaired) electrons. The molecule has 5 heteroatoms. The van der Waals surface area contributed by atoms with Gasteiger partial charge in [-0.05, 0) is 31.4 Å². The monoisotopic (exact) mass is 294 g/mol. The molecule has 2 aliphatic heterocycles. The fraction of sp³-hybridized carbons (Fsp3) is 0.625. The number of rotatable bonds is 4. The van der Waals surface area contributed by atoms with Crippen LogP contribution in [0.3, 0.4) is 0 Å². The fourth-order valence-electron chi connectivity index (χ4n) is 3.01. The normalized spacial score (nSPS) is 26.1. The predicted molar refractivity (Wildman–Crippen MR) is 80.2 cm³/mol. The third kappa shape index (κ3) is 3.66. The Morgan fingerprint density at radius 3 is 3.05 bits per heavy atom. The molecule has 21 heavy (non-hydrogen) atoms. The van der Waals surface area contributed by atoms with Crippen molar-refractivity contribution in [3.63, 3.8) is 0 Å². The molecule has 116 valence electrons. The Bertz CT molecular complexity index is 477. The minimum atomic E-state index is -0.235. The van der Waals surface area contributed by atoms with Gasteiger partial charge in [-0.15, -0.1) is 0 Å². The molecule has 2 aliphatic rings. The van der Waals surface area contributed by atoms with E-state index >= 15 is 0 Å². The number of nitrogens with zero attached hydrogens (tertiary/aromatic N) is 1. The van der Waals surface area contributed by atoms with E-state index in [1.165, 1.54) is 6.07 Å². The molecule has 4 nitrogen and oxygen atoms in total. The van der Waals surface area contributed by atoms with Crippen LogP contribution < -0.4 is 15.4 Å². The largest absolute Gasteiger partial charge is 0.491 e. The molecule has 0 spiro atoms. The second-order valence-corrected chi connectivity index (χ2v) is 6.00. The van der Waals surface area contributed by atoms with E-state index in [1.807, 2.05) is 0 Å². The van der Waals surface area contributed by atoms with Crippen LogP contribution in [0.15, 0.2) is 18.2 Å². The molecule has 2 saturated heterocycles. The average Bonchev–Trinajstić information content (AvgIpc) is 2.99. The van der Waals surface area contributed by atoms with E-state index in [1.54, 1.807) is 12.1 Å². The second kappa shape index (κ2) is 6.62. The van der Waals surface area contributed by atoms with Crippen LogP contribution in [-0.4, -0.2) is 39.0 Å². The lowest BCUT2D eigenvalue weighted by molar-refractivity contribution is 0.167. The van der Waals surface area contributed by atoms with Gasteiger partial charge in [-0.25, -0.2) is 4.39 Å². The summed E-state index contributed by atoms with van der Waals surface area (Å²) >= 11 is 0. The van der Waals surface area contributed by atoms with Crippen molar-refractivity contribution in [1.82, 2.24) is 0 Å². The highest BCUT2D eigenvalue weighted by Crippen LogP contribution is 2.32. The van der Waals surface area contributed by atoms with Crippen LogP contribution in [0.1, 0.15) is 19.3 Å². The first-order valence-electron chi connectivity index (χ1n) is 7.73. The Morgan fingerprint density at radius 1 is 1.38 bits per heavy atom. The molecule has 0 aromatic heterocycles. The Labute approximate surface area is 125 Å². The molecule has 0 amide bonds. The molecule has 0 bridgehead atoms. The van der Waals surface area contributed by atoms with E-state index in [0.29, 0.717) is 12.5 Å². The van der Waals surface area contributed by atoms with E-state index in [-0.39, 0.29) is 11.9 Å². The van der Waals surface area contributed by atoms with Crippen molar-refractivity contribution in [3.05, 3.63) is 24.0 Å². The Kier molecular flexibility index (Phi) is 4.60. The maximum absolute atomic E-state index is 13.6. The molecular formula is C16H23FN2O2. The first kappa shape index (κ1) is 14.6. The van der Waals surface area contributed by atoms with Crippen molar-refractivity contribution in [2.75, 3.05) is 37.8 Å². The minimum Gasteiger partial charge on any atom is -0.491 e. The molecule has 2 fully saturated rings. The maximum atomic E-state index is 13.6. The number of ether oxygens (including phenoxy) is 2. The smallest absolute Gasteiger partial charge is 0.142 e. The molecule has 2 heterocycles. The number of halogens is 1. The zero-order valence-corrected chi connectivity index (χ0v) is 12.3. The third-order valence-corrected chi connectivity index (χ3v) is 4.22. The quantitative estimate of drug-likeness (QED) is 0.924. The summed E-state index contributed by atoms with van der Waals surface area (Å²) in [6, 6.07) is 4.88. The van der Waals surface area contributed by atoms with E-state index in [2.05, 4.69) is 4.90 Å². The first-order chi connectivity index (χ1) is 10.2. The number of hydrogen-bond acceptors (Lipinski definition) is 4. The van der Waals surface area contributed by atoms with Gasteiger partial charge in [0.2, 0.25) is 0 Å². The lowest BCUT2D eigenvalue weighted by Gasteiger charge is -2.33. The molecule has 2 unspecified atom stereocenters. The molecule has 2 atom stereocenters. The molecule has 2 N–H and O–H groups in total. The third-order valence-electron chi connectivity index (χ3n) is 4.22. The highest BCUT2D eigenvalue weighted by molar-refractivity contribution is 5.59. The zero-order valence-electron chi connectivity index (χ0n) is 12.3. The van der Waals surface area contributed by atoms with Crippen LogP contribution in [0.2, 0.25) is 0 Å². The van der Waals surface area contributed by atoms with Crippen LogP contribution in [0.25, 0.3) is 0 Å². The fourth-order valence-corrected chi connectivity index (χ4v) is 3.01. The topological polar surface area (TPSA) is 47.7 Å². The van der Waals surface area contributed by atoms with Crippen molar-refractivity contribution in [2.45, 2.75) is 25.3 Å². The van der Waals surface area contributed by atoms with Crippen molar-refractivity contribution >= 4 is 5.69 Å². The van der Waals surface area contributed by atoms with Gasteiger partial charge in [0.15, 0.2) is 0 Å². The van der Waals surface area contributed by atoms with Crippen LogP contribution in [0.4, 0.5) is 10.1 Å². The van der Waals surface area contributed by atoms with Crippen molar-refractivity contribution in [2.24, 2.45) is 11.7 Å². The number of piperidine rings is 1. The molecular weight excluding hydrogens is 271 g/mol. The average molecular weight is 294 g/mol. The summed E-state index contributed by atoms with van der Waals surface area (Å²) in [6.45, 7) is 3.85. The number of nitrogens with two attached hydrogens (primary N) is 1. The summed E-state index contributed by atoms with van der Waals surface area (Å²) in [5.41, 5.74) is 6.85. The van der Waals surface area contributed by atoms with Gasteiger partial charge in [-0.3, -0.25) is 0 Å². The maximum Gasteiger partial charge on any atom is 0.142 e. The Hall–Kier alpha value is -1.33. The summed E-state index contributed by atoms with van der Waals surface area (Å²) in [5.74, 6) is 0.949. The summed E-state index contributed by atoms with van der Waals surface area (Å²) in [7, 11) is 0. The van der Waals surface area contributed by atoms with Gasteiger partial charge < -0.3 is 20.1 Å². The summed E-state index contributed by atoms with van der Waals surface area (Å²) in [5, 5.41) is 0. The summed E-state index contributed by atoms with van der Waals surface area (Å²) < 4.78 is 24.9. The number of anilines is 1. The van der Waals surface area contributed by atoms with Crippen molar-refractivity contribution < 1.29 is 13.9 Å². The highest BCUT2D eigenvalue weighted by Gasteiger charge is 2.22. The Morgan fingerprint density at radius 2 is 2.29 bits per heavy atom. The molecule has 1 aromatic carbocycles. The predicted octanol–water partition coefficient (Wildman–Crippen LogP) is 2.17. The molecule has 0 saturated carbocycles. The van der Waals surface area contributed by atoms with Gasteiger partial charge in [-0.1, -0.05) is 0 Å². The Balaban J connectivity index is 1.72. The van der Waals surface area contributed by atoms with E-state index in [9.17, 15) is 4.39 Å². The SMILES string of the molecule is NC1CCCN(c2cc(F)ccc2OCC2CCOC2)C1. The van der Waals surface area contributed by atoms with Gasteiger partial charge in [0.05, 0.1) is 18.9 Å². The lowest BCUT2D eigenvalue weighted by Crippen LogP contribution is -2.43. The van der Waals surface area contributed by atoms with E-state index in [4.69, 9.17) is 15.2 Å². The van der Waals surface area contributed by atoms with Crippen LogP contribution in [-0.2, 0) is 4.74 Å². The van der Waals surface area contributed by atoms with Crippen molar-refractivity contribution in [1.29, 1.82) is 0 Å². The summed E-state index contributed by atoms with van der Waals surface area (Å²) in [6.07, 6.45) is 3.10. The van der Waals surface area contributed by atoms with Gasteiger partial charge in [0.25, 0.3) is 0 Å². The van der Waals surface area contributed by atoms with Crippen LogP contribution in [0, 0.1) is 11.7 Å². The molecule has 1 aromatic rings. The number of hydrogen-bond donors (Lipinski definition) is 1. The molecule has 3 rings (SSSR count). The summed E-state index contributed by atoms with van der Waals surface area (Å²) in [4.78, 5) is 2.14. The lowest BCUT2D eigenvalue weighted by atomic mass is 10.1. The molecule has 0 aliphatic carbocycles. The van der Waals surface area contributed by atoms with Gasteiger partial charge in [0.1, 0.15) is 11.6 Å². The first-order valence-corrected chi connectivity index (χ1v) is 7.73. The minimum absolute atomic E-state index is 0.151.